The largest absolute Gasteiger partial charge is 0.493 e. The highest BCUT2D eigenvalue weighted by Gasteiger charge is 2.32. The van der Waals surface area contributed by atoms with Gasteiger partial charge in [0.05, 0.1) is 19.1 Å². The molecule has 3 aromatic rings. The van der Waals surface area contributed by atoms with E-state index in [2.05, 4.69) is 26.1 Å². The standard InChI is InChI=1S/C21H22BrN3O5S/c1-28-18-8-3-15(13-19(18)29-2)20-23-21(30-24-20)14-9-11-25(12-10-14)31(26,27)17-6-4-16(22)5-7-17/h3-8,13-14H,9-12H2,1-2H3. The first kappa shape index (κ1) is 21.8. The van der Waals surface area contributed by atoms with Gasteiger partial charge in [0.25, 0.3) is 0 Å². The quantitative estimate of drug-likeness (QED) is 0.495. The number of methoxy groups -OCH3 is 2. The molecule has 10 heteroatoms. The van der Waals surface area contributed by atoms with Crippen LogP contribution in [0.1, 0.15) is 24.7 Å². The number of hydrogen-bond donors (Lipinski definition) is 0. The van der Waals surface area contributed by atoms with Gasteiger partial charge in [-0.05, 0) is 55.3 Å². The second kappa shape index (κ2) is 8.97. The lowest BCUT2D eigenvalue weighted by atomic mass is 9.98. The molecule has 31 heavy (non-hydrogen) atoms. The Morgan fingerprint density at radius 2 is 1.71 bits per heavy atom. The Hall–Kier alpha value is -2.43. The zero-order valence-corrected chi connectivity index (χ0v) is 19.5. The van der Waals surface area contributed by atoms with Crippen molar-refractivity contribution in [3.63, 3.8) is 0 Å². The number of hydrogen-bond acceptors (Lipinski definition) is 7. The molecule has 1 saturated heterocycles. The van der Waals surface area contributed by atoms with Crippen LogP contribution < -0.4 is 9.47 Å². The Morgan fingerprint density at radius 3 is 2.35 bits per heavy atom. The molecule has 1 aliphatic heterocycles. The summed E-state index contributed by atoms with van der Waals surface area (Å²) in [5.41, 5.74) is 0.753. The predicted molar refractivity (Wildman–Crippen MR) is 118 cm³/mol. The van der Waals surface area contributed by atoms with E-state index < -0.39 is 10.0 Å². The second-order valence-electron chi connectivity index (χ2n) is 7.16. The van der Waals surface area contributed by atoms with Crippen molar-refractivity contribution in [3.05, 3.63) is 52.8 Å². The molecule has 0 amide bonds. The highest BCUT2D eigenvalue weighted by Crippen LogP contribution is 2.34. The maximum Gasteiger partial charge on any atom is 0.243 e. The maximum atomic E-state index is 12.9. The molecule has 164 valence electrons. The molecule has 0 radical (unpaired) electrons. The summed E-state index contributed by atoms with van der Waals surface area (Å²) in [4.78, 5) is 4.84. The summed E-state index contributed by atoms with van der Waals surface area (Å²) < 4.78 is 44.2. The van der Waals surface area contributed by atoms with E-state index in [1.165, 1.54) is 4.31 Å². The van der Waals surface area contributed by atoms with Gasteiger partial charge in [-0.25, -0.2) is 8.42 Å². The third kappa shape index (κ3) is 4.46. The lowest BCUT2D eigenvalue weighted by molar-refractivity contribution is 0.271. The van der Waals surface area contributed by atoms with E-state index in [9.17, 15) is 8.42 Å². The van der Waals surface area contributed by atoms with Crippen LogP contribution in [0.25, 0.3) is 11.4 Å². The van der Waals surface area contributed by atoms with Crippen molar-refractivity contribution in [1.82, 2.24) is 14.4 Å². The number of nitrogens with zero attached hydrogens (tertiary/aromatic N) is 3. The normalized spacial score (nSPS) is 15.7. The first-order chi connectivity index (χ1) is 14.9. The first-order valence-electron chi connectivity index (χ1n) is 9.74. The van der Waals surface area contributed by atoms with Gasteiger partial charge in [0.1, 0.15) is 0 Å². The summed E-state index contributed by atoms with van der Waals surface area (Å²) in [5, 5.41) is 4.10. The van der Waals surface area contributed by atoms with Crippen molar-refractivity contribution in [2.24, 2.45) is 0 Å². The van der Waals surface area contributed by atoms with Crippen molar-refractivity contribution in [2.45, 2.75) is 23.7 Å². The molecule has 0 atom stereocenters. The van der Waals surface area contributed by atoms with Crippen LogP contribution in [-0.4, -0.2) is 50.2 Å². The fraction of sp³-hybridized carbons (Fsp3) is 0.333. The number of piperidine rings is 1. The molecule has 0 aliphatic carbocycles. The molecule has 1 fully saturated rings. The lowest BCUT2D eigenvalue weighted by Crippen LogP contribution is -2.37. The number of rotatable bonds is 6. The molecular weight excluding hydrogens is 486 g/mol. The Labute approximate surface area is 189 Å². The van der Waals surface area contributed by atoms with Crippen molar-refractivity contribution >= 4 is 26.0 Å². The second-order valence-corrected chi connectivity index (χ2v) is 10.0. The molecule has 0 spiro atoms. The average molecular weight is 508 g/mol. The molecule has 0 unspecified atom stereocenters. The molecule has 0 saturated carbocycles. The molecule has 4 rings (SSSR count). The third-order valence-electron chi connectivity index (χ3n) is 5.34. The molecule has 1 aliphatic rings. The van der Waals surface area contributed by atoms with Crippen molar-refractivity contribution in [1.29, 1.82) is 0 Å². The van der Waals surface area contributed by atoms with Gasteiger partial charge in [0, 0.05) is 29.0 Å². The van der Waals surface area contributed by atoms with Gasteiger partial charge in [0.15, 0.2) is 11.5 Å². The average Bonchev–Trinajstić information content (AvgIpc) is 3.29. The highest BCUT2D eigenvalue weighted by molar-refractivity contribution is 9.10. The highest BCUT2D eigenvalue weighted by atomic mass is 79.9. The fourth-order valence-electron chi connectivity index (χ4n) is 3.59. The zero-order chi connectivity index (χ0) is 22.0. The first-order valence-corrected chi connectivity index (χ1v) is 12.0. The van der Waals surface area contributed by atoms with Gasteiger partial charge >= 0.3 is 0 Å². The Balaban J connectivity index is 1.45. The van der Waals surface area contributed by atoms with Gasteiger partial charge < -0.3 is 14.0 Å². The lowest BCUT2D eigenvalue weighted by Gasteiger charge is -2.29. The van der Waals surface area contributed by atoms with E-state index in [4.69, 9.17) is 14.0 Å². The summed E-state index contributed by atoms with van der Waals surface area (Å²) in [6, 6.07) is 12.1. The Morgan fingerprint density at radius 1 is 1.03 bits per heavy atom. The summed E-state index contributed by atoms with van der Waals surface area (Å²) in [6.45, 7) is 0.800. The maximum absolute atomic E-state index is 12.9. The third-order valence-corrected chi connectivity index (χ3v) is 7.78. The van der Waals surface area contributed by atoms with Gasteiger partial charge in [0.2, 0.25) is 21.7 Å². The van der Waals surface area contributed by atoms with Gasteiger partial charge in [-0.2, -0.15) is 9.29 Å². The molecule has 1 aromatic heterocycles. The van der Waals surface area contributed by atoms with Gasteiger partial charge in [-0.1, -0.05) is 21.1 Å². The Bertz CT molecular complexity index is 1160. The summed E-state index contributed by atoms with van der Waals surface area (Å²) in [5.74, 6) is 2.19. The summed E-state index contributed by atoms with van der Waals surface area (Å²) >= 11 is 3.33. The van der Waals surface area contributed by atoms with Crippen molar-refractivity contribution in [2.75, 3.05) is 27.3 Å². The number of halogens is 1. The molecule has 2 heterocycles. The van der Waals surface area contributed by atoms with E-state index in [0.717, 1.165) is 10.0 Å². The smallest absolute Gasteiger partial charge is 0.243 e. The number of sulfonamides is 1. The summed E-state index contributed by atoms with van der Waals surface area (Å²) in [7, 11) is -0.371. The van der Waals surface area contributed by atoms with Crippen molar-refractivity contribution < 1.29 is 22.4 Å². The molecule has 2 aromatic carbocycles. The Kier molecular flexibility index (Phi) is 6.31. The zero-order valence-electron chi connectivity index (χ0n) is 17.1. The monoisotopic (exact) mass is 507 g/mol. The minimum absolute atomic E-state index is 0.0118. The molecular formula is C21H22BrN3O5S. The van der Waals surface area contributed by atoms with Crippen LogP contribution in [-0.2, 0) is 10.0 Å². The van der Waals surface area contributed by atoms with Crippen molar-refractivity contribution in [3.8, 4) is 22.9 Å². The minimum atomic E-state index is -3.52. The fourth-order valence-corrected chi connectivity index (χ4v) is 5.33. The van der Waals surface area contributed by atoms with E-state index in [-0.39, 0.29) is 5.92 Å². The van der Waals surface area contributed by atoms with E-state index in [1.54, 1.807) is 50.6 Å². The number of benzene rings is 2. The minimum Gasteiger partial charge on any atom is -0.493 e. The van der Waals surface area contributed by atoms with Crippen LogP contribution in [0.5, 0.6) is 11.5 Å². The topological polar surface area (TPSA) is 94.8 Å². The molecule has 0 N–H and O–H groups in total. The van der Waals surface area contributed by atoms with Crippen LogP contribution in [0.3, 0.4) is 0 Å². The van der Waals surface area contributed by atoms with E-state index >= 15 is 0 Å². The van der Waals surface area contributed by atoms with Gasteiger partial charge in [-0.3, -0.25) is 0 Å². The number of aromatic nitrogens is 2. The van der Waals surface area contributed by atoms with E-state index in [0.29, 0.717) is 54.0 Å². The number of ether oxygens (including phenoxy) is 2. The predicted octanol–water partition coefficient (Wildman–Crippen LogP) is 4.08. The van der Waals surface area contributed by atoms with Crippen LogP contribution >= 0.6 is 15.9 Å². The van der Waals surface area contributed by atoms with E-state index in [1.807, 2.05) is 6.07 Å². The molecule has 0 bridgehead atoms. The summed E-state index contributed by atoms with van der Waals surface area (Å²) in [6.07, 6.45) is 1.23. The van der Waals surface area contributed by atoms with Crippen LogP contribution in [0.15, 0.2) is 56.4 Å². The van der Waals surface area contributed by atoms with Crippen LogP contribution in [0.4, 0.5) is 0 Å². The van der Waals surface area contributed by atoms with Crippen LogP contribution in [0, 0.1) is 0 Å². The molecule has 8 nitrogen and oxygen atoms in total. The van der Waals surface area contributed by atoms with Gasteiger partial charge in [-0.15, -0.1) is 0 Å². The van der Waals surface area contributed by atoms with Crippen LogP contribution in [0.2, 0.25) is 0 Å². The SMILES string of the molecule is COc1ccc(-c2noc(C3CCN(S(=O)(=O)c4ccc(Br)cc4)CC3)n2)cc1OC.